The Morgan fingerprint density at radius 1 is 1.80 bits per heavy atom. The molecule has 0 aliphatic carbocycles. The van der Waals surface area contributed by atoms with Gasteiger partial charge in [0.15, 0.2) is 0 Å². The van der Waals surface area contributed by atoms with Crippen LogP contribution in [0.3, 0.4) is 0 Å². The van der Waals surface area contributed by atoms with Gasteiger partial charge in [0, 0.05) is 6.42 Å². The highest BCUT2D eigenvalue weighted by Crippen LogP contribution is 2.05. The van der Waals surface area contributed by atoms with Crippen molar-refractivity contribution in [3.8, 4) is 0 Å². The lowest BCUT2D eigenvalue weighted by Gasteiger charge is -2.12. The molecule has 0 aromatic rings. The minimum Gasteiger partial charge on any atom is -0.759 e. The summed E-state index contributed by atoms with van der Waals surface area (Å²) in [7, 11) is 0. The molecule has 0 aromatic heterocycles. The predicted octanol–water partition coefficient (Wildman–Crippen LogP) is -1.12. The fourth-order valence-corrected chi connectivity index (χ4v) is 0.882. The van der Waals surface area contributed by atoms with Crippen LogP contribution in [-0.2, 0) is 9.59 Å². The largest absolute Gasteiger partial charge is 0.759 e. The van der Waals surface area contributed by atoms with Crippen LogP contribution in [0.1, 0.15) is 12.8 Å². The molecule has 1 aliphatic heterocycles. The number of rotatable bonds is 1. The highest BCUT2D eigenvalue weighted by Gasteiger charge is 2.24. The van der Waals surface area contributed by atoms with Crippen LogP contribution in [0, 0.1) is 5.21 Å². The van der Waals surface area contributed by atoms with Crippen molar-refractivity contribution in [1.29, 1.82) is 0 Å². The van der Waals surface area contributed by atoms with Crippen molar-refractivity contribution in [2.24, 2.45) is 0 Å². The van der Waals surface area contributed by atoms with Crippen molar-refractivity contribution in [3.63, 3.8) is 0 Å². The molecule has 1 rings (SSSR count). The lowest BCUT2D eigenvalue weighted by Crippen LogP contribution is -2.39. The van der Waals surface area contributed by atoms with E-state index in [1.807, 2.05) is 0 Å². The SMILES string of the molecule is O=C1CCC(C(=O)N[O-])N1. The van der Waals surface area contributed by atoms with Crippen LogP contribution in [0.5, 0.6) is 0 Å². The number of nitrogens with one attached hydrogen (secondary N) is 2. The first-order valence-corrected chi connectivity index (χ1v) is 2.95. The number of hydrogen-bond donors (Lipinski definition) is 2. The van der Waals surface area contributed by atoms with E-state index in [0.29, 0.717) is 12.8 Å². The third-order valence-corrected chi connectivity index (χ3v) is 1.41. The second kappa shape index (κ2) is 2.66. The maximum absolute atomic E-state index is 10.5. The summed E-state index contributed by atoms with van der Waals surface area (Å²) in [6.45, 7) is 0. The Hall–Kier alpha value is -1.10. The molecule has 5 nitrogen and oxygen atoms in total. The van der Waals surface area contributed by atoms with Gasteiger partial charge in [0.1, 0.15) is 6.04 Å². The second-order valence-electron chi connectivity index (χ2n) is 2.13. The number of carbonyl (C=O) groups is 2. The smallest absolute Gasteiger partial charge is 0.232 e. The van der Waals surface area contributed by atoms with Crippen LogP contribution >= 0.6 is 0 Å². The van der Waals surface area contributed by atoms with Gasteiger partial charge in [-0.05, 0) is 6.42 Å². The lowest BCUT2D eigenvalue weighted by molar-refractivity contribution is -0.125. The average Bonchev–Trinajstić information content (AvgIpc) is 2.34. The molecular weight excluding hydrogens is 136 g/mol. The zero-order valence-electron chi connectivity index (χ0n) is 5.22. The maximum atomic E-state index is 10.5. The van der Waals surface area contributed by atoms with E-state index in [4.69, 9.17) is 0 Å². The summed E-state index contributed by atoms with van der Waals surface area (Å²) in [6.07, 6.45) is 0.755. The Bertz CT molecular complexity index is 168. The van der Waals surface area contributed by atoms with E-state index in [9.17, 15) is 14.8 Å². The van der Waals surface area contributed by atoms with Crippen LogP contribution in [0.15, 0.2) is 0 Å². The van der Waals surface area contributed by atoms with Crippen LogP contribution in [0.25, 0.3) is 0 Å². The summed E-state index contributed by atoms with van der Waals surface area (Å²) in [5, 5.41) is 12.1. The normalized spacial score (nSPS) is 24.1. The van der Waals surface area contributed by atoms with Crippen LogP contribution < -0.4 is 10.8 Å². The summed E-state index contributed by atoms with van der Waals surface area (Å²) < 4.78 is 0. The molecule has 1 atom stereocenters. The molecule has 56 valence electrons. The molecule has 0 radical (unpaired) electrons. The van der Waals surface area contributed by atoms with Gasteiger partial charge in [-0.2, -0.15) is 0 Å². The summed E-state index contributed by atoms with van der Waals surface area (Å²) in [4.78, 5) is 21.0. The van der Waals surface area contributed by atoms with Crippen molar-refractivity contribution in [2.75, 3.05) is 0 Å². The van der Waals surface area contributed by atoms with Crippen molar-refractivity contribution in [2.45, 2.75) is 18.9 Å². The van der Waals surface area contributed by atoms with Gasteiger partial charge in [-0.15, -0.1) is 0 Å². The van der Waals surface area contributed by atoms with E-state index in [1.165, 1.54) is 5.48 Å². The van der Waals surface area contributed by atoms with E-state index in [0.717, 1.165) is 0 Å². The maximum Gasteiger partial charge on any atom is 0.232 e. The molecule has 0 aromatic carbocycles. The Labute approximate surface area is 57.4 Å². The average molecular weight is 143 g/mol. The van der Waals surface area contributed by atoms with Gasteiger partial charge in [-0.25, -0.2) is 0 Å². The van der Waals surface area contributed by atoms with E-state index in [1.54, 1.807) is 0 Å². The molecule has 1 saturated heterocycles. The van der Waals surface area contributed by atoms with E-state index >= 15 is 0 Å². The Morgan fingerprint density at radius 3 is 2.90 bits per heavy atom. The molecule has 1 heterocycles. The van der Waals surface area contributed by atoms with E-state index < -0.39 is 11.9 Å². The van der Waals surface area contributed by atoms with Crippen LogP contribution in [0.2, 0.25) is 0 Å². The zero-order chi connectivity index (χ0) is 7.56. The summed E-state index contributed by atoms with van der Waals surface area (Å²) in [5.74, 6) is -0.834. The molecule has 2 amide bonds. The molecule has 2 N–H and O–H groups in total. The summed E-state index contributed by atoms with van der Waals surface area (Å²) in [6, 6.07) is -0.606. The van der Waals surface area contributed by atoms with E-state index in [-0.39, 0.29) is 5.91 Å². The molecule has 10 heavy (non-hydrogen) atoms. The Kier molecular flexibility index (Phi) is 1.86. The third-order valence-electron chi connectivity index (χ3n) is 1.41. The molecule has 1 unspecified atom stereocenters. The third kappa shape index (κ3) is 1.24. The minimum absolute atomic E-state index is 0.173. The predicted molar refractivity (Wildman–Crippen MR) is 32.7 cm³/mol. The molecule has 0 bridgehead atoms. The van der Waals surface area contributed by atoms with Gasteiger partial charge < -0.3 is 16.0 Å². The van der Waals surface area contributed by atoms with Crippen LogP contribution in [-0.4, -0.2) is 17.9 Å². The molecular formula is C5H7N2O3-. The Balaban J connectivity index is 2.44. The van der Waals surface area contributed by atoms with Gasteiger partial charge in [0.2, 0.25) is 11.8 Å². The fraction of sp³-hybridized carbons (Fsp3) is 0.600. The number of hydrogen-bond acceptors (Lipinski definition) is 3. The standard InChI is InChI=1S/C5H7N2O3/c8-4-2-1-3(6-4)5(9)7-10/h3H,1-2H2,(H2-,6,7,8,9,10)/q-1. The number of carbonyl (C=O) groups excluding carboxylic acids is 2. The summed E-state index contributed by atoms with van der Waals surface area (Å²) in [5.41, 5.74) is 1.22. The lowest BCUT2D eigenvalue weighted by atomic mass is 10.2. The van der Waals surface area contributed by atoms with Gasteiger partial charge in [0.05, 0.1) is 0 Å². The van der Waals surface area contributed by atoms with Gasteiger partial charge in [-0.1, -0.05) is 0 Å². The monoisotopic (exact) mass is 143 g/mol. The summed E-state index contributed by atoms with van der Waals surface area (Å²) >= 11 is 0. The first-order valence-electron chi connectivity index (χ1n) is 2.95. The van der Waals surface area contributed by atoms with E-state index in [2.05, 4.69) is 5.32 Å². The molecule has 1 fully saturated rings. The fourth-order valence-electron chi connectivity index (χ4n) is 0.882. The second-order valence-corrected chi connectivity index (χ2v) is 2.13. The number of hydroxylamine groups is 1. The van der Waals surface area contributed by atoms with Gasteiger partial charge in [-0.3, -0.25) is 9.59 Å². The first-order chi connectivity index (χ1) is 4.74. The first kappa shape index (κ1) is 7.01. The van der Waals surface area contributed by atoms with Crippen LogP contribution in [0.4, 0.5) is 0 Å². The topological polar surface area (TPSA) is 81.3 Å². The van der Waals surface area contributed by atoms with Gasteiger partial charge in [0.25, 0.3) is 0 Å². The molecule has 5 heteroatoms. The zero-order valence-corrected chi connectivity index (χ0v) is 5.22. The molecule has 1 aliphatic rings. The van der Waals surface area contributed by atoms with Gasteiger partial charge >= 0.3 is 0 Å². The van der Waals surface area contributed by atoms with Crippen molar-refractivity contribution < 1.29 is 9.59 Å². The minimum atomic E-state index is -0.661. The highest BCUT2D eigenvalue weighted by molar-refractivity contribution is 5.90. The molecule has 0 spiro atoms. The quantitative estimate of drug-likeness (QED) is 0.456. The van der Waals surface area contributed by atoms with Crippen molar-refractivity contribution >= 4 is 11.8 Å². The number of amides is 2. The Morgan fingerprint density at radius 2 is 2.50 bits per heavy atom. The highest BCUT2D eigenvalue weighted by atomic mass is 16.5. The molecule has 0 saturated carbocycles. The van der Waals surface area contributed by atoms with Crippen molar-refractivity contribution in [3.05, 3.63) is 5.21 Å². The van der Waals surface area contributed by atoms with Crippen molar-refractivity contribution in [1.82, 2.24) is 10.8 Å².